The third kappa shape index (κ3) is 3.68. The first-order valence-corrected chi connectivity index (χ1v) is 9.82. The highest BCUT2D eigenvalue weighted by molar-refractivity contribution is 7.14. The molecule has 0 saturated carbocycles. The van der Waals surface area contributed by atoms with Gasteiger partial charge < -0.3 is 14.8 Å². The average molecular weight is 419 g/mol. The normalized spacial score (nSPS) is 10.6. The number of carbonyl (C=O) groups excluding carboxylic acids is 1. The third-order valence-corrected chi connectivity index (χ3v) is 5.39. The Morgan fingerprint density at radius 2 is 2.10 bits per heavy atom. The van der Waals surface area contributed by atoms with Gasteiger partial charge in [-0.3, -0.25) is 4.79 Å². The van der Waals surface area contributed by atoms with Gasteiger partial charge in [0.15, 0.2) is 5.65 Å². The highest BCUT2D eigenvalue weighted by Crippen LogP contribution is 2.26. The number of thiophene rings is 1. The second-order valence-electron chi connectivity index (χ2n) is 6.35. The minimum Gasteiger partial charge on any atom is -0.497 e. The van der Waals surface area contributed by atoms with E-state index in [0.717, 1.165) is 10.9 Å². The Bertz CT molecular complexity index is 1270. The number of rotatable bonds is 6. The molecule has 0 aliphatic carbocycles. The zero-order valence-electron chi connectivity index (χ0n) is 16.2. The van der Waals surface area contributed by atoms with Crippen LogP contribution in [0.5, 0.6) is 11.5 Å². The minimum atomic E-state index is -0.326. The van der Waals surface area contributed by atoms with Crippen LogP contribution in [-0.4, -0.2) is 34.9 Å². The molecule has 1 N–H and O–H groups in total. The standard InChI is InChI=1S/C21H17N5O3S/c1-28-17-4-3-14(18(8-17)29-2)12-26-19-15(11-24-26)7-16(10-23-19)20(27)25-21-13(9-22)5-6-30-21/h3-8,10-11H,12H2,1-2H3,(H,25,27). The van der Waals surface area contributed by atoms with E-state index in [1.54, 1.807) is 42.6 Å². The van der Waals surface area contributed by atoms with Gasteiger partial charge in [-0.15, -0.1) is 11.3 Å². The lowest BCUT2D eigenvalue weighted by molar-refractivity contribution is 0.102. The molecule has 8 nitrogen and oxygen atoms in total. The Hall–Kier alpha value is -3.90. The Morgan fingerprint density at radius 1 is 1.23 bits per heavy atom. The molecule has 4 rings (SSSR count). The number of benzene rings is 1. The maximum atomic E-state index is 12.6. The fourth-order valence-corrected chi connectivity index (χ4v) is 3.76. The highest BCUT2D eigenvalue weighted by Gasteiger charge is 2.14. The number of anilines is 1. The van der Waals surface area contributed by atoms with Crippen molar-refractivity contribution in [2.75, 3.05) is 19.5 Å². The lowest BCUT2D eigenvalue weighted by atomic mass is 10.2. The van der Waals surface area contributed by atoms with Crippen molar-refractivity contribution in [2.45, 2.75) is 6.54 Å². The van der Waals surface area contributed by atoms with Crippen molar-refractivity contribution in [3.8, 4) is 17.6 Å². The molecule has 30 heavy (non-hydrogen) atoms. The molecule has 0 aliphatic rings. The van der Waals surface area contributed by atoms with E-state index in [4.69, 9.17) is 14.7 Å². The van der Waals surface area contributed by atoms with E-state index in [9.17, 15) is 4.79 Å². The van der Waals surface area contributed by atoms with E-state index in [0.29, 0.717) is 39.8 Å². The summed E-state index contributed by atoms with van der Waals surface area (Å²) in [5.41, 5.74) is 2.40. The number of hydrogen-bond acceptors (Lipinski definition) is 7. The zero-order valence-corrected chi connectivity index (χ0v) is 17.1. The fraction of sp³-hybridized carbons (Fsp3) is 0.143. The van der Waals surface area contributed by atoms with Crippen molar-refractivity contribution in [3.63, 3.8) is 0 Å². The summed E-state index contributed by atoms with van der Waals surface area (Å²) in [6.45, 7) is 0.454. The predicted molar refractivity (Wildman–Crippen MR) is 113 cm³/mol. The van der Waals surface area contributed by atoms with Crippen LogP contribution in [0.2, 0.25) is 0 Å². The summed E-state index contributed by atoms with van der Waals surface area (Å²) in [7, 11) is 3.21. The zero-order chi connectivity index (χ0) is 21.1. The van der Waals surface area contributed by atoms with E-state index in [1.807, 2.05) is 18.2 Å². The van der Waals surface area contributed by atoms with Crippen molar-refractivity contribution in [1.82, 2.24) is 14.8 Å². The summed E-state index contributed by atoms with van der Waals surface area (Å²) in [4.78, 5) is 17.0. The number of nitriles is 1. The molecule has 0 unspecified atom stereocenters. The topological polar surface area (TPSA) is 102 Å². The number of aromatic nitrogens is 3. The molecule has 0 bridgehead atoms. The fourth-order valence-electron chi connectivity index (χ4n) is 3.02. The van der Waals surface area contributed by atoms with Gasteiger partial charge in [0.05, 0.1) is 38.1 Å². The maximum Gasteiger partial charge on any atom is 0.257 e. The van der Waals surface area contributed by atoms with Crippen LogP contribution in [0.1, 0.15) is 21.5 Å². The molecule has 0 atom stereocenters. The molecular formula is C21H17N5O3S. The van der Waals surface area contributed by atoms with Crippen molar-refractivity contribution in [1.29, 1.82) is 5.26 Å². The SMILES string of the molecule is COc1ccc(Cn2ncc3cc(C(=O)Nc4sccc4C#N)cnc32)c(OC)c1. The largest absolute Gasteiger partial charge is 0.497 e. The number of hydrogen-bond donors (Lipinski definition) is 1. The lowest BCUT2D eigenvalue weighted by Crippen LogP contribution is -2.12. The second kappa shape index (κ2) is 8.23. The third-order valence-electron chi connectivity index (χ3n) is 4.57. The Morgan fingerprint density at radius 3 is 2.87 bits per heavy atom. The van der Waals surface area contributed by atoms with Crippen LogP contribution in [0, 0.1) is 11.3 Å². The molecule has 9 heteroatoms. The molecule has 1 amide bonds. The average Bonchev–Trinajstić information content (AvgIpc) is 3.40. The van der Waals surface area contributed by atoms with Crippen molar-refractivity contribution >= 4 is 33.3 Å². The maximum absolute atomic E-state index is 12.6. The predicted octanol–water partition coefficient (Wildman–Crippen LogP) is 3.68. The molecule has 150 valence electrons. The molecule has 0 fully saturated rings. The first-order valence-electron chi connectivity index (χ1n) is 8.94. The molecule has 3 heterocycles. The minimum absolute atomic E-state index is 0.326. The monoisotopic (exact) mass is 419 g/mol. The van der Waals surface area contributed by atoms with Gasteiger partial charge in [0.2, 0.25) is 0 Å². The van der Waals surface area contributed by atoms with Crippen molar-refractivity contribution < 1.29 is 14.3 Å². The van der Waals surface area contributed by atoms with Gasteiger partial charge in [-0.05, 0) is 29.6 Å². The van der Waals surface area contributed by atoms with Crippen LogP contribution in [0.4, 0.5) is 5.00 Å². The molecule has 3 aromatic heterocycles. The molecule has 1 aromatic carbocycles. The lowest BCUT2D eigenvalue weighted by Gasteiger charge is -2.11. The first-order chi connectivity index (χ1) is 14.6. The van der Waals surface area contributed by atoms with E-state index >= 15 is 0 Å². The Balaban J connectivity index is 1.58. The molecular weight excluding hydrogens is 402 g/mol. The van der Waals surface area contributed by atoms with Crippen LogP contribution >= 0.6 is 11.3 Å². The number of fused-ring (bicyclic) bond motifs is 1. The first kappa shape index (κ1) is 19.4. The molecule has 0 radical (unpaired) electrons. The van der Waals surface area contributed by atoms with E-state index in [-0.39, 0.29) is 5.91 Å². The number of amides is 1. The second-order valence-corrected chi connectivity index (χ2v) is 7.26. The Labute approximate surface area is 176 Å². The van der Waals surface area contributed by atoms with E-state index < -0.39 is 0 Å². The van der Waals surface area contributed by atoms with Gasteiger partial charge in [0, 0.05) is 23.2 Å². The van der Waals surface area contributed by atoms with Crippen LogP contribution in [0.25, 0.3) is 11.0 Å². The number of pyridine rings is 1. The molecule has 4 aromatic rings. The highest BCUT2D eigenvalue weighted by atomic mass is 32.1. The van der Waals surface area contributed by atoms with Crippen LogP contribution in [0.3, 0.4) is 0 Å². The summed E-state index contributed by atoms with van der Waals surface area (Å²) in [6.07, 6.45) is 3.17. The van der Waals surface area contributed by atoms with Gasteiger partial charge in [-0.25, -0.2) is 9.67 Å². The van der Waals surface area contributed by atoms with E-state index in [1.165, 1.54) is 17.5 Å². The number of methoxy groups -OCH3 is 2. The quantitative estimate of drug-likeness (QED) is 0.511. The van der Waals surface area contributed by atoms with Gasteiger partial charge in [-0.1, -0.05) is 0 Å². The van der Waals surface area contributed by atoms with Crippen LogP contribution in [0.15, 0.2) is 48.1 Å². The van der Waals surface area contributed by atoms with Gasteiger partial charge in [0.25, 0.3) is 5.91 Å². The summed E-state index contributed by atoms with van der Waals surface area (Å²) >= 11 is 1.30. The van der Waals surface area contributed by atoms with Crippen LogP contribution in [-0.2, 0) is 6.54 Å². The summed E-state index contributed by atoms with van der Waals surface area (Å²) < 4.78 is 12.4. The smallest absolute Gasteiger partial charge is 0.257 e. The number of ether oxygens (including phenoxy) is 2. The number of nitrogens with zero attached hydrogens (tertiary/aromatic N) is 4. The summed E-state index contributed by atoms with van der Waals surface area (Å²) in [5.74, 6) is 1.08. The van der Waals surface area contributed by atoms with E-state index in [2.05, 4.69) is 21.5 Å². The Kier molecular flexibility index (Phi) is 5.32. The summed E-state index contributed by atoms with van der Waals surface area (Å²) in [6, 6.07) is 11.0. The van der Waals surface area contributed by atoms with Gasteiger partial charge in [-0.2, -0.15) is 10.4 Å². The molecule has 0 spiro atoms. The van der Waals surface area contributed by atoms with Gasteiger partial charge in [0.1, 0.15) is 22.6 Å². The summed E-state index contributed by atoms with van der Waals surface area (Å²) in [5, 5.41) is 19.3. The number of nitrogens with one attached hydrogen (secondary N) is 1. The van der Waals surface area contributed by atoms with Gasteiger partial charge >= 0.3 is 0 Å². The van der Waals surface area contributed by atoms with Crippen LogP contribution < -0.4 is 14.8 Å². The molecule has 0 saturated heterocycles. The van der Waals surface area contributed by atoms with Crippen molar-refractivity contribution in [3.05, 3.63) is 64.8 Å². The molecule has 0 aliphatic heterocycles. The number of carbonyl (C=O) groups is 1. The van der Waals surface area contributed by atoms with Crippen molar-refractivity contribution in [2.24, 2.45) is 0 Å².